The second-order valence-corrected chi connectivity index (χ2v) is 9.37. The summed E-state index contributed by atoms with van der Waals surface area (Å²) in [5.74, 6) is 0.328. The molecule has 7 heteroatoms. The molecule has 0 spiro atoms. The van der Waals surface area contributed by atoms with Crippen LogP contribution >= 0.6 is 0 Å². The molecule has 1 aliphatic heterocycles. The molecule has 3 aromatic carbocycles. The number of methoxy groups -OCH3 is 1. The highest BCUT2D eigenvalue weighted by Gasteiger charge is 2.21. The summed E-state index contributed by atoms with van der Waals surface area (Å²) in [4.78, 5) is 15.6. The lowest BCUT2D eigenvalue weighted by Crippen LogP contribution is -2.39. The van der Waals surface area contributed by atoms with Crippen LogP contribution in [-0.4, -0.2) is 45.4 Å². The number of ether oxygens (including phenoxy) is 1. The number of hydrogen-bond donors (Lipinski definition) is 1. The maximum absolute atomic E-state index is 14.1. The fourth-order valence-corrected chi connectivity index (χ4v) is 5.00. The summed E-state index contributed by atoms with van der Waals surface area (Å²) < 4.78 is 22.5. The highest BCUT2D eigenvalue weighted by molar-refractivity contribution is 5.76. The van der Waals surface area contributed by atoms with Gasteiger partial charge < -0.3 is 9.84 Å². The van der Waals surface area contributed by atoms with Gasteiger partial charge in [-0.3, -0.25) is 14.0 Å². The van der Waals surface area contributed by atoms with E-state index < -0.39 is 11.9 Å². The number of fused-ring (bicyclic) bond motifs is 2. The van der Waals surface area contributed by atoms with Gasteiger partial charge in [0.1, 0.15) is 11.6 Å². The number of aliphatic hydroxyl groups is 1. The Morgan fingerprint density at radius 1 is 0.971 bits per heavy atom. The van der Waals surface area contributed by atoms with Gasteiger partial charge in [0.25, 0.3) is 0 Å². The first-order chi connectivity index (χ1) is 16.9. The van der Waals surface area contributed by atoms with E-state index in [2.05, 4.69) is 30.0 Å². The van der Waals surface area contributed by atoms with E-state index in [1.807, 2.05) is 24.3 Å². The molecular formula is C28H30FN3O3. The molecule has 1 N–H and O–H groups in total. The quantitative estimate of drug-likeness (QED) is 0.443. The molecule has 1 aliphatic rings. The number of imidazole rings is 1. The SMILES string of the molecule is COc1ccc(Cn2c(=O)n(CC(O)CN3CCc4ccc(C)cc4C3)c3cc(F)ccc32)cc1. The number of benzene rings is 3. The van der Waals surface area contributed by atoms with Crippen molar-refractivity contribution in [2.24, 2.45) is 0 Å². The topological polar surface area (TPSA) is 59.6 Å². The van der Waals surface area contributed by atoms with Crippen LogP contribution < -0.4 is 10.4 Å². The second-order valence-electron chi connectivity index (χ2n) is 9.37. The molecule has 2 heterocycles. The average molecular weight is 476 g/mol. The average Bonchev–Trinajstić information content (AvgIpc) is 3.09. The summed E-state index contributed by atoms with van der Waals surface area (Å²) in [6, 6.07) is 18.4. The molecule has 0 radical (unpaired) electrons. The van der Waals surface area contributed by atoms with Crippen LogP contribution in [0.25, 0.3) is 11.0 Å². The summed E-state index contributed by atoms with van der Waals surface area (Å²) in [7, 11) is 1.61. The Morgan fingerprint density at radius 2 is 1.77 bits per heavy atom. The third kappa shape index (κ3) is 4.88. The number of β-amino-alcohol motifs (C(OH)–C–C–N with tert-alkyl or cyclic N) is 1. The summed E-state index contributed by atoms with van der Waals surface area (Å²) in [6.45, 7) is 4.61. The lowest BCUT2D eigenvalue weighted by atomic mass is 9.97. The van der Waals surface area contributed by atoms with Crippen LogP contribution in [0.4, 0.5) is 4.39 Å². The molecular weight excluding hydrogens is 445 g/mol. The molecule has 4 aromatic rings. The largest absolute Gasteiger partial charge is 0.497 e. The molecule has 35 heavy (non-hydrogen) atoms. The van der Waals surface area contributed by atoms with Crippen LogP contribution in [-0.2, 0) is 26.1 Å². The third-order valence-electron chi connectivity index (χ3n) is 6.80. The number of hydrogen-bond acceptors (Lipinski definition) is 4. The summed E-state index contributed by atoms with van der Waals surface area (Å²) in [6.07, 6.45) is 0.177. The maximum Gasteiger partial charge on any atom is 0.329 e. The molecule has 0 fully saturated rings. The molecule has 0 bridgehead atoms. The van der Waals surface area contributed by atoms with Gasteiger partial charge >= 0.3 is 5.69 Å². The summed E-state index contributed by atoms with van der Waals surface area (Å²) >= 11 is 0. The van der Waals surface area contributed by atoms with Crippen LogP contribution in [0.3, 0.4) is 0 Å². The predicted octanol–water partition coefficient (Wildman–Crippen LogP) is 3.73. The Bertz CT molecular complexity index is 1410. The molecule has 0 saturated carbocycles. The predicted molar refractivity (Wildman–Crippen MR) is 134 cm³/mol. The van der Waals surface area contributed by atoms with Gasteiger partial charge in [0.2, 0.25) is 0 Å². The Balaban J connectivity index is 1.38. The van der Waals surface area contributed by atoms with Crippen LogP contribution in [0.15, 0.2) is 65.5 Å². The zero-order valence-corrected chi connectivity index (χ0v) is 20.1. The fraction of sp³-hybridized carbons (Fsp3) is 0.321. The third-order valence-corrected chi connectivity index (χ3v) is 6.80. The lowest BCUT2D eigenvalue weighted by Gasteiger charge is -2.30. The van der Waals surface area contributed by atoms with E-state index in [1.54, 1.807) is 17.7 Å². The lowest BCUT2D eigenvalue weighted by molar-refractivity contribution is 0.0917. The van der Waals surface area contributed by atoms with Gasteiger partial charge in [0, 0.05) is 19.6 Å². The minimum Gasteiger partial charge on any atom is -0.497 e. The number of aryl methyl sites for hydroxylation is 1. The highest BCUT2D eigenvalue weighted by Crippen LogP contribution is 2.22. The highest BCUT2D eigenvalue weighted by atomic mass is 19.1. The Hall–Kier alpha value is -3.42. The van der Waals surface area contributed by atoms with E-state index in [0.29, 0.717) is 24.1 Å². The minimum absolute atomic E-state index is 0.103. The maximum atomic E-state index is 14.1. The first-order valence-corrected chi connectivity index (χ1v) is 11.9. The van der Waals surface area contributed by atoms with Crippen molar-refractivity contribution in [1.29, 1.82) is 0 Å². The number of aromatic nitrogens is 2. The van der Waals surface area contributed by atoms with Gasteiger partial charge in [-0.05, 0) is 60.4 Å². The smallest absolute Gasteiger partial charge is 0.329 e. The van der Waals surface area contributed by atoms with Crippen molar-refractivity contribution < 1.29 is 14.2 Å². The van der Waals surface area contributed by atoms with Gasteiger partial charge in [-0.2, -0.15) is 0 Å². The van der Waals surface area contributed by atoms with Crippen LogP contribution in [0.1, 0.15) is 22.3 Å². The number of aliphatic hydroxyl groups excluding tert-OH is 1. The molecule has 0 amide bonds. The van der Waals surface area contributed by atoms with Crippen molar-refractivity contribution >= 4 is 11.0 Å². The van der Waals surface area contributed by atoms with E-state index in [-0.39, 0.29) is 12.2 Å². The Labute approximate surface area is 203 Å². The molecule has 6 nitrogen and oxygen atoms in total. The van der Waals surface area contributed by atoms with Crippen molar-refractivity contribution in [1.82, 2.24) is 14.0 Å². The van der Waals surface area contributed by atoms with Crippen molar-refractivity contribution in [3.05, 3.63) is 99.2 Å². The molecule has 5 rings (SSSR count). The van der Waals surface area contributed by atoms with E-state index >= 15 is 0 Å². The van der Waals surface area contributed by atoms with Gasteiger partial charge in [-0.25, -0.2) is 9.18 Å². The van der Waals surface area contributed by atoms with Crippen LogP contribution in [0, 0.1) is 12.7 Å². The molecule has 0 saturated heterocycles. The molecule has 182 valence electrons. The van der Waals surface area contributed by atoms with E-state index in [4.69, 9.17) is 4.74 Å². The van der Waals surface area contributed by atoms with Crippen LogP contribution in [0.5, 0.6) is 5.75 Å². The van der Waals surface area contributed by atoms with E-state index in [9.17, 15) is 14.3 Å². The standard InChI is InChI=1S/C28H30FN3O3/c1-19-3-6-21-11-12-30(16-22(21)13-19)17-24(33)18-32-27-14-23(29)7-10-26(27)31(28(32)34)15-20-4-8-25(35-2)9-5-20/h3-10,13-14,24,33H,11-12,15-18H2,1-2H3. The summed E-state index contributed by atoms with van der Waals surface area (Å²) in [5.41, 5.74) is 5.67. The number of halogens is 1. The van der Waals surface area contributed by atoms with Crippen molar-refractivity contribution in [2.75, 3.05) is 20.2 Å². The monoisotopic (exact) mass is 475 g/mol. The van der Waals surface area contributed by atoms with Crippen LogP contribution in [0.2, 0.25) is 0 Å². The van der Waals surface area contributed by atoms with Gasteiger partial charge in [-0.15, -0.1) is 0 Å². The fourth-order valence-electron chi connectivity index (χ4n) is 5.00. The van der Waals surface area contributed by atoms with E-state index in [1.165, 1.54) is 33.4 Å². The zero-order chi connectivity index (χ0) is 24.5. The molecule has 1 aromatic heterocycles. The Morgan fingerprint density at radius 3 is 2.54 bits per heavy atom. The van der Waals surface area contributed by atoms with Gasteiger partial charge in [0.05, 0.1) is 37.3 Å². The normalized spacial score (nSPS) is 14.7. The molecule has 1 atom stereocenters. The first kappa shape index (κ1) is 23.3. The number of nitrogens with zero attached hydrogens (tertiary/aromatic N) is 3. The zero-order valence-electron chi connectivity index (χ0n) is 20.1. The molecule has 0 aliphatic carbocycles. The van der Waals surface area contributed by atoms with Gasteiger partial charge in [-0.1, -0.05) is 35.9 Å². The Kier molecular flexibility index (Phi) is 6.45. The molecule has 1 unspecified atom stereocenters. The van der Waals surface area contributed by atoms with Crippen molar-refractivity contribution in [2.45, 2.75) is 39.1 Å². The minimum atomic E-state index is -0.762. The summed E-state index contributed by atoms with van der Waals surface area (Å²) in [5, 5.41) is 10.9. The second kappa shape index (κ2) is 9.68. The number of rotatable bonds is 7. The first-order valence-electron chi connectivity index (χ1n) is 11.9. The van der Waals surface area contributed by atoms with Gasteiger partial charge in [0.15, 0.2) is 0 Å². The van der Waals surface area contributed by atoms with Crippen molar-refractivity contribution in [3.8, 4) is 5.75 Å². The van der Waals surface area contributed by atoms with E-state index in [0.717, 1.165) is 30.8 Å². The van der Waals surface area contributed by atoms with Crippen molar-refractivity contribution in [3.63, 3.8) is 0 Å².